The van der Waals surface area contributed by atoms with Crippen LogP contribution in [0.4, 0.5) is 5.69 Å². The Morgan fingerprint density at radius 1 is 1.17 bits per heavy atom. The summed E-state index contributed by atoms with van der Waals surface area (Å²) >= 11 is 0. The third-order valence-corrected chi connectivity index (χ3v) is 4.60. The van der Waals surface area contributed by atoms with Crippen molar-refractivity contribution in [3.8, 4) is 11.5 Å². The zero-order valence-electron chi connectivity index (χ0n) is 16.3. The summed E-state index contributed by atoms with van der Waals surface area (Å²) in [4.78, 5) is 24.9. The van der Waals surface area contributed by atoms with Crippen LogP contribution < -0.4 is 20.1 Å². The molecule has 7 nitrogen and oxygen atoms in total. The van der Waals surface area contributed by atoms with Gasteiger partial charge in [0.2, 0.25) is 0 Å². The number of fused-ring (bicyclic) bond motifs is 1. The Bertz CT molecular complexity index is 1100. The van der Waals surface area contributed by atoms with Crippen molar-refractivity contribution in [1.82, 2.24) is 5.32 Å². The van der Waals surface area contributed by atoms with E-state index in [9.17, 15) is 9.59 Å². The number of anilines is 1. The standard InChI is InChI=1S/C23H20N2O5/c1-28-19-7-3-2-5-15(19)14-21-23(27)25-18-13-16(8-9-20(18)30-21)22(26)24-11-10-17-6-4-12-29-17/h2-9,12-14H,10-11H2,1H3,(H,24,26)(H,25,27)/b21-14+. The molecule has 1 aliphatic heterocycles. The third kappa shape index (κ3) is 4.20. The fourth-order valence-corrected chi connectivity index (χ4v) is 3.08. The summed E-state index contributed by atoms with van der Waals surface area (Å²) in [6.45, 7) is 0.443. The molecule has 0 fully saturated rings. The van der Waals surface area contributed by atoms with E-state index in [4.69, 9.17) is 13.9 Å². The van der Waals surface area contributed by atoms with Crippen LogP contribution in [0.3, 0.4) is 0 Å². The number of hydrogen-bond donors (Lipinski definition) is 2. The van der Waals surface area contributed by atoms with Crippen molar-refractivity contribution >= 4 is 23.6 Å². The van der Waals surface area contributed by atoms with Gasteiger partial charge in [0.15, 0.2) is 11.5 Å². The van der Waals surface area contributed by atoms with Gasteiger partial charge in [0.1, 0.15) is 11.5 Å². The highest BCUT2D eigenvalue weighted by Crippen LogP contribution is 2.33. The van der Waals surface area contributed by atoms with Crippen LogP contribution in [0.5, 0.6) is 11.5 Å². The summed E-state index contributed by atoms with van der Waals surface area (Å²) in [6.07, 6.45) is 3.81. The summed E-state index contributed by atoms with van der Waals surface area (Å²) in [5, 5.41) is 5.61. The molecule has 2 heterocycles. The second-order valence-corrected chi connectivity index (χ2v) is 6.60. The van der Waals surface area contributed by atoms with Gasteiger partial charge in [-0.1, -0.05) is 18.2 Å². The fraction of sp³-hybridized carbons (Fsp3) is 0.130. The van der Waals surface area contributed by atoms with E-state index in [0.29, 0.717) is 35.7 Å². The zero-order valence-corrected chi connectivity index (χ0v) is 16.3. The summed E-state index contributed by atoms with van der Waals surface area (Å²) in [5.74, 6) is 1.40. The topological polar surface area (TPSA) is 89.8 Å². The highest BCUT2D eigenvalue weighted by molar-refractivity contribution is 6.09. The molecule has 30 heavy (non-hydrogen) atoms. The van der Waals surface area contributed by atoms with Crippen LogP contribution in [-0.4, -0.2) is 25.5 Å². The molecule has 152 valence electrons. The van der Waals surface area contributed by atoms with Crippen LogP contribution in [0.1, 0.15) is 21.7 Å². The predicted octanol–water partition coefficient (Wildman–Crippen LogP) is 3.63. The van der Waals surface area contributed by atoms with E-state index in [2.05, 4.69) is 10.6 Å². The molecule has 1 aliphatic rings. The van der Waals surface area contributed by atoms with E-state index in [-0.39, 0.29) is 11.7 Å². The second-order valence-electron chi connectivity index (χ2n) is 6.60. The van der Waals surface area contributed by atoms with Crippen molar-refractivity contribution in [2.75, 3.05) is 19.0 Å². The lowest BCUT2D eigenvalue weighted by Crippen LogP contribution is -2.27. The lowest BCUT2D eigenvalue weighted by molar-refractivity contribution is -0.115. The van der Waals surface area contributed by atoms with Crippen LogP contribution in [0.2, 0.25) is 0 Å². The third-order valence-electron chi connectivity index (χ3n) is 4.60. The zero-order chi connectivity index (χ0) is 20.9. The van der Waals surface area contributed by atoms with Gasteiger partial charge in [-0.15, -0.1) is 0 Å². The number of nitrogens with one attached hydrogen (secondary N) is 2. The van der Waals surface area contributed by atoms with Gasteiger partial charge in [0.25, 0.3) is 11.8 Å². The van der Waals surface area contributed by atoms with Crippen molar-refractivity contribution in [2.45, 2.75) is 6.42 Å². The first kappa shape index (κ1) is 19.3. The van der Waals surface area contributed by atoms with Crippen molar-refractivity contribution in [3.63, 3.8) is 0 Å². The monoisotopic (exact) mass is 404 g/mol. The maximum Gasteiger partial charge on any atom is 0.291 e. The molecule has 0 aliphatic carbocycles. The molecule has 3 aromatic rings. The minimum Gasteiger partial charge on any atom is -0.496 e. The van der Waals surface area contributed by atoms with Gasteiger partial charge >= 0.3 is 0 Å². The Kier molecular flexibility index (Phi) is 5.52. The Hall–Kier alpha value is -4.00. The van der Waals surface area contributed by atoms with Gasteiger partial charge in [0.05, 0.1) is 19.1 Å². The molecule has 0 atom stereocenters. The van der Waals surface area contributed by atoms with Crippen LogP contribution in [-0.2, 0) is 11.2 Å². The molecule has 0 bridgehead atoms. The molecular formula is C23H20N2O5. The van der Waals surface area contributed by atoms with Crippen LogP contribution in [0.15, 0.2) is 71.0 Å². The molecule has 2 N–H and O–H groups in total. The Labute approximate surface area is 173 Å². The molecule has 2 amide bonds. The van der Waals surface area contributed by atoms with Crippen LogP contribution in [0, 0.1) is 0 Å². The SMILES string of the molecule is COc1ccccc1/C=C1/Oc2ccc(C(=O)NCCc3ccco3)cc2NC1=O. The van der Waals surface area contributed by atoms with Crippen molar-refractivity contribution in [2.24, 2.45) is 0 Å². The van der Waals surface area contributed by atoms with E-state index in [0.717, 1.165) is 11.3 Å². The summed E-state index contributed by atoms with van der Waals surface area (Å²) in [7, 11) is 1.57. The number of amides is 2. The highest BCUT2D eigenvalue weighted by atomic mass is 16.5. The molecule has 0 radical (unpaired) electrons. The first-order valence-corrected chi connectivity index (χ1v) is 9.42. The van der Waals surface area contributed by atoms with Crippen molar-refractivity contribution in [1.29, 1.82) is 0 Å². The fourth-order valence-electron chi connectivity index (χ4n) is 3.08. The number of furan rings is 1. The molecule has 2 aromatic carbocycles. The van der Waals surface area contributed by atoms with Crippen LogP contribution in [0.25, 0.3) is 6.08 Å². The summed E-state index contributed by atoms with van der Waals surface area (Å²) < 4.78 is 16.3. The van der Waals surface area contributed by atoms with Crippen molar-refractivity contribution < 1.29 is 23.5 Å². The smallest absolute Gasteiger partial charge is 0.291 e. The largest absolute Gasteiger partial charge is 0.496 e. The number of methoxy groups -OCH3 is 1. The lowest BCUT2D eigenvalue weighted by atomic mass is 10.1. The summed E-state index contributed by atoms with van der Waals surface area (Å²) in [5.41, 5.74) is 1.59. The number of benzene rings is 2. The molecule has 4 rings (SSSR count). The average molecular weight is 404 g/mol. The first-order chi connectivity index (χ1) is 14.6. The average Bonchev–Trinajstić information content (AvgIpc) is 3.28. The maximum atomic E-state index is 12.5. The molecule has 0 saturated carbocycles. The molecule has 1 aromatic heterocycles. The number of para-hydroxylation sites is 1. The highest BCUT2D eigenvalue weighted by Gasteiger charge is 2.23. The Balaban J connectivity index is 1.47. The first-order valence-electron chi connectivity index (χ1n) is 9.42. The van der Waals surface area contributed by atoms with E-state index >= 15 is 0 Å². The Morgan fingerprint density at radius 3 is 2.83 bits per heavy atom. The second kappa shape index (κ2) is 8.57. The van der Waals surface area contributed by atoms with Gasteiger partial charge in [-0.2, -0.15) is 0 Å². The summed E-state index contributed by atoms with van der Waals surface area (Å²) in [6, 6.07) is 15.9. The molecule has 0 saturated heterocycles. The normalized spacial score (nSPS) is 13.9. The maximum absolute atomic E-state index is 12.5. The minimum absolute atomic E-state index is 0.141. The number of hydrogen-bond acceptors (Lipinski definition) is 5. The molecule has 7 heteroatoms. The predicted molar refractivity (Wildman–Crippen MR) is 111 cm³/mol. The van der Waals surface area contributed by atoms with E-state index in [1.54, 1.807) is 49.8 Å². The molecule has 0 spiro atoms. The number of ether oxygens (including phenoxy) is 2. The van der Waals surface area contributed by atoms with Gasteiger partial charge < -0.3 is 24.5 Å². The van der Waals surface area contributed by atoms with E-state index in [1.807, 2.05) is 24.3 Å². The van der Waals surface area contributed by atoms with Crippen molar-refractivity contribution in [3.05, 3.63) is 83.5 Å². The molecule has 0 unspecified atom stereocenters. The Morgan fingerprint density at radius 2 is 2.03 bits per heavy atom. The number of rotatable bonds is 6. The van der Waals surface area contributed by atoms with E-state index < -0.39 is 5.91 Å². The van der Waals surface area contributed by atoms with Gasteiger partial charge in [-0.05, 0) is 42.5 Å². The van der Waals surface area contributed by atoms with Gasteiger partial charge in [-0.25, -0.2) is 0 Å². The van der Waals surface area contributed by atoms with Crippen LogP contribution >= 0.6 is 0 Å². The lowest BCUT2D eigenvalue weighted by Gasteiger charge is -2.20. The number of carbonyl (C=O) groups is 2. The number of carbonyl (C=O) groups excluding carboxylic acids is 2. The minimum atomic E-state index is -0.399. The molecular weight excluding hydrogens is 384 g/mol. The van der Waals surface area contributed by atoms with Gasteiger partial charge in [0, 0.05) is 24.1 Å². The van der Waals surface area contributed by atoms with E-state index in [1.165, 1.54) is 0 Å². The van der Waals surface area contributed by atoms with Gasteiger partial charge in [-0.3, -0.25) is 9.59 Å². The quantitative estimate of drug-likeness (QED) is 0.613.